The molecule has 32 heavy (non-hydrogen) atoms. The summed E-state index contributed by atoms with van der Waals surface area (Å²) in [5.41, 5.74) is 2.40. The summed E-state index contributed by atoms with van der Waals surface area (Å²) in [4.78, 5) is 41.6. The van der Waals surface area contributed by atoms with Crippen LogP contribution >= 0.6 is 0 Å². The number of hydrogen-bond donors (Lipinski definition) is 1. The minimum absolute atomic E-state index is 0.118. The molecular formula is C24H31N3O5. The van der Waals surface area contributed by atoms with Crippen LogP contribution in [0.25, 0.3) is 5.57 Å². The Balaban J connectivity index is 1.38. The van der Waals surface area contributed by atoms with Crippen molar-refractivity contribution in [3.8, 4) is 0 Å². The van der Waals surface area contributed by atoms with Crippen LogP contribution < -0.4 is 5.32 Å². The second kappa shape index (κ2) is 10.2. The maximum Gasteiger partial charge on any atom is 0.410 e. The molecule has 1 N–H and O–H groups in total. The number of likely N-dealkylation sites (tertiary alicyclic amines) is 1. The highest BCUT2D eigenvalue weighted by Crippen LogP contribution is 2.26. The number of ether oxygens (including phenoxy) is 2. The highest BCUT2D eigenvalue weighted by molar-refractivity contribution is 5.89. The molecule has 0 saturated carbocycles. The Morgan fingerprint density at radius 2 is 1.78 bits per heavy atom. The van der Waals surface area contributed by atoms with Crippen LogP contribution in [0, 0.1) is 5.92 Å². The maximum absolute atomic E-state index is 13.3. The number of carbonyl (C=O) groups excluding carboxylic acids is 3. The maximum atomic E-state index is 13.3. The van der Waals surface area contributed by atoms with Gasteiger partial charge in [-0.3, -0.25) is 9.59 Å². The predicted molar refractivity (Wildman–Crippen MR) is 119 cm³/mol. The van der Waals surface area contributed by atoms with Gasteiger partial charge in [0.25, 0.3) is 0 Å². The van der Waals surface area contributed by atoms with Gasteiger partial charge in [0, 0.05) is 39.1 Å². The van der Waals surface area contributed by atoms with E-state index < -0.39 is 24.0 Å². The van der Waals surface area contributed by atoms with E-state index in [1.807, 2.05) is 18.2 Å². The van der Waals surface area contributed by atoms with E-state index in [0.717, 1.165) is 19.3 Å². The van der Waals surface area contributed by atoms with Crippen LogP contribution in [0.5, 0.6) is 0 Å². The number of nitrogens with one attached hydrogen (secondary N) is 1. The number of piperidine rings is 1. The van der Waals surface area contributed by atoms with Crippen molar-refractivity contribution in [3.05, 3.63) is 42.0 Å². The molecule has 0 radical (unpaired) electrons. The molecule has 3 aliphatic heterocycles. The highest BCUT2D eigenvalue weighted by Gasteiger charge is 2.43. The molecule has 0 bridgehead atoms. The average Bonchev–Trinajstić information content (AvgIpc) is 3.39. The van der Waals surface area contributed by atoms with Gasteiger partial charge in [0.1, 0.15) is 12.1 Å². The lowest BCUT2D eigenvalue weighted by molar-refractivity contribution is -0.154. The summed E-state index contributed by atoms with van der Waals surface area (Å²) in [6.07, 6.45) is 4.26. The third-order valence-corrected chi connectivity index (χ3v) is 6.55. The first kappa shape index (κ1) is 22.3. The van der Waals surface area contributed by atoms with Crippen LogP contribution in [0.4, 0.5) is 4.79 Å². The van der Waals surface area contributed by atoms with Gasteiger partial charge < -0.3 is 24.6 Å². The summed E-state index contributed by atoms with van der Waals surface area (Å²) < 4.78 is 10.6. The van der Waals surface area contributed by atoms with Gasteiger partial charge in [-0.05, 0) is 30.4 Å². The number of nitrogens with zero attached hydrogens (tertiary/aromatic N) is 2. The molecule has 8 heteroatoms. The summed E-state index contributed by atoms with van der Waals surface area (Å²) in [7, 11) is 1.32. The summed E-state index contributed by atoms with van der Waals surface area (Å²) in [6.45, 7) is 2.84. The van der Waals surface area contributed by atoms with Crippen molar-refractivity contribution in [2.75, 3.05) is 39.8 Å². The van der Waals surface area contributed by atoms with Gasteiger partial charge in [-0.25, -0.2) is 4.79 Å². The zero-order valence-electron chi connectivity index (χ0n) is 18.5. The van der Waals surface area contributed by atoms with Crippen LogP contribution in [-0.2, 0) is 19.1 Å². The lowest BCUT2D eigenvalue weighted by atomic mass is 9.88. The number of rotatable bonds is 4. The Morgan fingerprint density at radius 3 is 2.44 bits per heavy atom. The zero-order valence-corrected chi connectivity index (χ0v) is 18.5. The number of esters is 1. The standard InChI is InChI=1S/C24H31N3O5/c1-31-23(29)20-15-19(32-24(30)27-11-5-6-12-27)16-25-21(20)22(28)26-13-9-18(10-14-26)17-7-3-2-4-8-17/h2-4,7-9,19-21,25H,5-6,10-16H2,1H3/t19-,20-,21-/m0/s1. The van der Waals surface area contributed by atoms with Gasteiger partial charge in [0.2, 0.25) is 5.91 Å². The van der Waals surface area contributed by atoms with Gasteiger partial charge in [-0.15, -0.1) is 0 Å². The number of methoxy groups -OCH3 is 1. The second-order valence-corrected chi connectivity index (χ2v) is 8.58. The molecule has 2 fully saturated rings. The molecule has 8 nitrogen and oxygen atoms in total. The van der Waals surface area contributed by atoms with Crippen LogP contribution in [-0.4, -0.2) is 79.7 Å². The highest BCUT2D eigenvalue weighted by atomic mass is 16.6. The third kappa shape index (κ3) is 4.96. The Bertz CT molecular complexity index is 866. The lowest BCUT2D eigenvalue weighted by Gasteiger charge is -2.38. The van der Waals surface area contributed by atoms with Crippen molar-refractivity contribution in [1.82, 2.24) is 15.1 Å². The van der Waals surface area contributed by atoms with E-state index in [0.29, 0.717) is 32.7 Å². The molecule has 0 aliphatic carbocycles. The van der Waals surface area contributed by atoms with Crippen LogP contribution in [0.2, 0.25) is 0 Å². The molecule has 3 atom stereocenters. The number of hydrogen-bond acceptors (Lipinski definition) is 6. The fourth-order valence-electron chi connectivity index (χ4n) is 4.73. The van der Waals surface area contributed by atoms with E-state index in [2.05, 4.69) is 23.5 Å². The molecule has 2 saturated heterocycles. The van der Waals surface area contributed by atoms with Crippen molar-refractivity contribution in [3.63, 3.8) is 0 Å². The second-order valence-electron chi connectivity index (χ2n) is 8.58. The number of carbonyl (C=O) groups is 3. The van der Waals surface area contributed by atoms with Gasteiger partial charge in [0.05, 0.1) is 13.0 Å². The molecular weight excluding hydrogens is 410 g/mol. The number of amides is 2. The Labute approximate surface area is 188 Å². The van der Waals surface area contributed by atoms with Crippen molar-refractivity contribution in [2.24, 2.45) is 5.92 Å². The largest absolute Gasteiger partial charge is 0.469 e. The predicted octanol–water partition coefficient (Wildman–Crippen LogP) is 2.05. The first-order valence-electron chi connectivity index (χ1n) is 11.4. The summed E-state index contributed by atoms with van der Waals surface area (Å²) in [5.74, 6) is -1.28. The summed E-state index contributed by atoms with van der Waals surface area (Å²) >= 11 is 0. The monoisotopic (exact) mass is 441 g/mol. The first-order valence-corrected chi connectivity index (χ1v) is 11.4. The molecule has 2 amide bonds. The number of benzene rings is 1. The fraction of sp³-hybridized carbons (Fsp3) is 0.542. The van der Waals surface area contributed by atoms with E-state index in [1.165, 1.54) is 18.2 Å². The molecule has 1 aromatic rings. The van der Waals surface area contributed by atoms with Gasteiger partial charge >= 0.3 is 12.1 Å². The van der Waals surface area contributed by atoms with Crippen LogP contribution in [0.15, 0.2) is 36.4 Å². The van der Waals surface area contributed by atoms with E-state index in [9.17, 15) is 14.4 Å². The smallest absolute Gasteiger partial charge is 0.410 e. The Kier molecular flexibility index (Phi) is 7.09. The molecule has 3 heterocycles. The van der Waals surface area contributed by atoms with Crippen molar-refractivity contribution < 1.29 is 23.9 Å². The van der Waals surface area contributed by atoms with Gasteiger partial charge in [0.15, 0.2) is 0 Å². The van der Waals surface area contributed by atoms with Crippen molar-refractivity contribution >= 4 is 23.5 Å². The third-order valence-electron chi connectivity index (χ3n) is 6.55. The summed E-state index contributed by atoms with van der Waals surface area (Å²) in [6, 6.07) is 9.46. The average molecular weight is 442 g/mol. The van der Waals surface area contributed by atoms with Gasteiger partial charge in [-0.2, -0.15) is 0 Å². The van der Waals surface area contributed by atoms with Gasteiger partial charge in [-0.1, -0.05) is 36.4 Å². The molecule has 172 valence electrons. The molecule has 3 aliphatic rings. The lowest BCUT2D eigenvalue weighted by Crippen LogP contribution is -2.59. The van der Waals surface area contributed by atoms with Crippen LogP contribution in [0.3, 0.4) is 0 Å². The Morgan fingerprint density at radius 1 is 1.03 bits per heavy atom. The molecule has 0 aromatic heterocycles. The van der Waals surface area contributed by atoms with Crippen LogP contribution in [0.1, 0.15) is 31.2 Å². The van der Waals surface area contributed by atoms with E-state index in [1.54, 1.807) is 9.80 Å². The topological polar surface area (TPSA) is 88.2 Å². The Hall–Kier alpha value is -2.87. The van der Waals surface area contributed by atoms with E-state index in [4.69, 9.17) is 9.47 Å². The normalized spacial score (nSPS) is 25.8. The molecule has 0 spiro atoms. The minimum atomic E-state index is -0.697. The van der Waals surface area contributed by atoms with Crippen molar-refractivity contribution in [1.29, 1.82) is 0 Å². The summed E-state index contributed by atoms with van der Waals surface area (Å²) in [5, 5.41) is 3.16. The quantitative estimate of drug-likeness (QED) is 0.720. The molecule has 4 rings (SSSR count). The van der Waals surface area contributed by atoms with E-state index in [-0.39, 0.29) is 18.4 Å². The van der Waals surface area contributed by atoms with E-state index >= 15 is 0 Å². The van der Waals surface area contributed by atoms with Crippen molar-refractivity contribution in [2.45, 2.75) is 37.8 Å². The SMILES string of the molecule is COC(=O)[C@H]1C[C@H](OC(=O)N2CCCC2)CN[C@@H]1C(=O)N1CC=C(c2ccccc2)CC1. The fourth-order valence-corrected chi connectivity index (χ4v) is 4.73. The minimum Gasteiger partial charge on any atom is -0.469 e. The molecule has 0 unspecified atom stereocenters. The first-order chi connectivity index (χ1) is 15.6. The molecule has 1 aromatic carbocycles. The zero-order chi connectivity index (χ0) is 22.5.